The first-order valence-electron chi connectivity index (χ1n) is 6.68. The van der Waals surface area contributed by atoms with Gasteiger partial charge < -0.3 is 4.74 Å². The van der Waals surface area contributed by atoms with Crippen LogP contribution in [0.5, 0.6) is 0 Å². The zero-order valence-electron chi connectivity index (χ0n) is 12.4. The summed E-state index contributed by atoms with van der Waals surface area (Å²) in [5.41, 5.74) is -0.366. The lowest BCUT2D eigenvalue weighted by atomic mass is 10.1. The van der Waals surface area contributed by atoms with Crippen LogP contribution in [0.3, 0.4) is 0 Å². The Kier molecular flexibility index (Phi) is 6.21. The molecule has 0 unspecified atom stereocenters. The zero-order valence-corrected chi connectivity index (χ0v) is 14.1. The SMILES string of the molecule is CCOC(=O)CSc1nnc(NC(=O)c2ccccc2[N+](=O)[O-])s1. The Morgan fingerprint density at radius 3 is 2.83 bits per heavy atom. The van der Waals surface area contributed by atoms with Crippen molar-refractivity contribution in [2.45, 2.75) is 11.3 Å². The molecule has 0 bridgehead atoms. The molecule has 11 heteroatoms. The van der Waals surface area contributed by atoms with Gasteiger partial charge in [0, 0.05) is 6.07 Å². The van der Waals surface area contributed by atoms with Gasteiger partial charge in [0.2, 0.25) is 5.13 Å². The Balaban J connectivity index is 2.01. The lowest BCUT2D eigenvalue weighted by Gasteiger charge is -2.01. The average Bonchev–Trinajstić information content (AvgIpc) is 3.00. The lowest BCUT2D eigenvalue weighted by molar-refractivity contribution is -0.385. The molecule has 0 radical (unpaired) electrons. The molecule has 0 saturated heterocycles. The second-order valence-electron chi connectivity index (χ2n) is 4.20. The molecule has 0 fully saturated rings. The summed E-state index contributed by atoms with van der Waals surface area (Å²) in [4.78, 5) is 33.7. The number of nitrogens with one attached hydrogen (secondary N) is 1. The first-order valence-corrected chi connectivity index (χ1v) is 8.48. The summed E-state index contributed by atoms with van der Waals surface area (Å²) in [6, 6.07) is 5.60. The highest BCUT2D eigenvalue weighted by molar-refractivity contribution is 8.01. The Bertz CT molecular complexity index is 764. The van der Waals surface area contributed by atoms with E-state index in [9.17, 15) is 19.7 Å². The van der Waals surface area contributed by atoms with Gasteiger partial charge in [-0.05, 0) is 13.0 Å². The molecule has 1 heterocycles. The maximum Gasteiger partial charge on any atom is 0.316 e. The van der Waals surface area contributed by atoms with Crippen LogP contribution in [0.1, 0.15) is 17.3 Å². The maximum absolute atomic E-state index is 12.1. The fraction of sp³-hybridized carbons (Fsp3) is 0.231. The average molecular weight is 368 g/mol. The van der Waals surface area contributed by atoms with E-state index in [1.54, 1.807) is 6.92 Å². The molecule has 1 aromatic heterocycles. The van der Waals surface area contributed by atoms with E-state index >= 15 is 0 Å². The van der Waals surface area contributed by atoms with Gasteiger partial charge >= 0.3 is 5.97 Å². The van der Waals surface area contributed by atoms with Crippen molar-refractivity contribution in [1.82, 2.24) is 10.2 Å². The number of aromatic nitrogens is 2. The van der Waals surface area contributed by atoms with Crippen LogP contribution < -0.4 is 5.32 Å². The molecule has 2 aromatic rings. The summed E-state index contributed by atoms with van der Waals surface area (Å²) in [6.45, 7) is 2.01. The minimum absolute atomic E-state index is 0.0709. The van der Waals surface area contributed by atoms with E-state index in [4.69, 9.17) is 4.74 Å². The van der Waals surface area contributed by atoms with Gasteiger partial charge in [0.05, 0.1) is 17.3 Å². The molecule has 0 aliphatic heterocycles. The number of benzene rings is 1. The van der Waals surface area contributed by atoms with Crippen molar-refractivity contribution in [2.75, 3.05) is 17.7 Å². The van der Waals surface area contributed by atoms with Crippen molar-refractivity contribution in [3.8, 4) is 0 Å². The fourth-order valence-corrected chi connectivity index (χ4v) is 3.18. The predicted molar refractivity (Wildman–Crippen MR) is 88.3 cm³/mol. The van der Waals surface area contributed by atoms with Crippen LogP contribution in [0, 0.1) is 10.1 Å². The number of hydrogen-bond donors (Lipinski definition) is 1. The largest absolute Gasteiger partial charge is 0.465 e. The van der Waals surface area contributed by atoms with Gasteiger partial charge in [-0.2, -0.15) is 0 Å². The van der Waals surface area contributed by atoms with Crippen LogP contribution in [0.15, 0.2) is 28.6 Å². The van der Waals surface area contributed by atoms with Crippen LogP contribution in [0.4, 0.5) is 10.8 Å². The third kappa shape index (κ3) is 4.73. The number of nitro benzene ring substituents is 1. The molecular weight excluding hydrogens is 356 g/mol. The van der Waals surface area contributed by atoms with Gasteiger partial charge in [-0.1, -0.05) is 35.2 Å². The first-order chi connectivity index (χ1) is 11.5. The van der Waals surface area contributed by atoms with Crippen LogP contribution in [-0.2, 0) is 9.53 Å². The molecule has 1 N–H and O–H groups in total. The topological polar surface area (TPSA) is 124 Å². The fourth-order valence-electron chi connectivity index (χ4n) is 1.63. The number of rotatable bonds is 7. The second-order valence-corrected chi connectivity index (χ2v) is 6.40. The molecule has 0 spiro atoms. The van der Waals surface area contributed by atoms with Gasteiger partial charge in [-0.15, -0.1) is 10.2 Å². The van der Waals surface area contributed by atoms with E-state index in [1.165, 1.54) is 24.3 Å². The number of esters is 1. The third-order valence-corrected chi connectivity index (χ3v) is 4.54. The summed E-state index contributed by atoms with van der Waals surface area (Å²) in [5.74, 6) is -0.941. The van der Waals surface area contributed by atoms with E-state index in [2.05, 4.69) is 15.5 Å². The van der Waals surface area contributed by atoms with Crippen molar-refractivity contribution >= 4 is 45.8 Å². The minimum Gasteiger partial charge on any atom is -0.465 e. The van der Waals surface area contributed by atoms with Crippen molar-refractivity contribution in [3.63, 3.8) is 0 Å². The van der Waals surface area contributed by atoms with Gasteiger partial charge in [0.15, 0.2) is 4.34 Å². The first kappa shape index (κ1) is 17.8. The summed E-state index contributed by atoms with van der Waals surface area (Å²) in [7, 11) is 0. The smallest absolute Gasteiger partial charge is 0.316 e. The van der Waals surface area contributed by atoms with Gasteiger partial charge in [0.25, 0.3) is 11.6 Å². The lowest BCUT2D eigenvalue weighted by Crippen LogP contribution is -2.13. The standard InChI is InChI=1S/C13H12N4O5S2/c1-2-22-10(18)7-23-13-16-15-12(24-13)14-11(19)8-5-3-4-6-9(8)17(20)21/h3-6H,2,7H2,1H3,(H,14,15,19). The van der Waals surface area contributed by atoms with E-state index in [0.717, 1.165) is 23.1 Å². The summed E-state index contributed by atoms with van der Waals surface area (Å²) in [5, 5.41) is 21.2. The number of nitro groups is 1. The van der Waals surface area contributed by atoms with Crippen LogP contribution in [-0.4, -0.2) is 39.4 Å². The van der Waals surface area contributed by atoms with Gasteiger partial charge in [-0.25, -0.2) is 0 Å². The zero-order chi connectivity index (χ0) is 17.5. The monoisotopic (exact) mass is 368 g/mol. The number of carbonyl (C=O) groups is 2. The highest BCUT2D eigenvalue weighted by Crippen LogP contribution is 2.26. The van der Waals surface area contributed by atoms with E-state index < -0.39 is 10.8 Å². The minimum atomic E-state index is -0.652. The summed E-state index contributed by atoms with van der Waals surface area (Å²) < 4.78 is 5.26. The Morgan fingerprint density at radius 2 is 2.12 bits per heavy atom. The molecule has 2 rings (SSSR count). The molecule has 1 aromatic carbocycles. The number of carbonyl (C=O) groups excluding carboxylic acids is 2. The normalized spacial score (nSPS) is 10.2. The molecule has 0 aliphatic rings. The number of thioether (sulfide) groups is 1. The Hall–Kier alpha value is -2.53. The predicted octanol–water partition coefficient (Wildman–Crippen LogP) is 2.35. The number of anilines is 1. The van der Waals surface area contributed by atoms with Crippen LogP contribution in [0.2, 0.25) is 0 Å². The summed E-state index contributed by atoms with van der Waals surface area (Å²) in [6.07, 6.45) is 0. The second kappa shape index (κ2) is 8.36. The number of nitrogens with zero attached hydrogens (tertiary/aromatic N) is 3. The molecular formula is C13H12N4O5S2. The molecule has 0 atom stereocenters. The number of hydrogen-bond acceptors (Lipinski definition) is 9. The van der Waals surface area contributed by atoms with E-state index in [-0.39, 0.29) is 28.1 Å². The van der Waals surface area contributed by atoms with Crippen molar-refractivity contribution in [3.05, 3.63) is 39.9 Å². The Labute approximate surface area is 144 Å². The molecule has 0 aliphatic carbocycles. The van der Waals surface area contributed by atoms with Gasteiger partial charge in [-0.3, -0.25) is 25.0 Å². The Morgan fingerprint density at radius 1 is 1.38 bits per heavy atom. The van der Waals surface area contributed by atoms with Crippen molar-refractivity contribution < 1.29 is 19.2 Å². The summed E-state index contributed by atoms with van der Waals surface area (Å²) >= 11 is 2.19. The maximum atomic E-state index is 12.1. The van der Waals surface area contributed by atoms with E-state index in [0.29, 0.717) is 10.9 Å². The van der Waals surface area contributed by atoms with E-state index in [1.807, 2.05) is 0 Å². The third-order valence-electron chi connectivity index (χ3n) is 2.59. The number of amides is 1. The quantitative estimate of drug-likeness (QED) is 0.260. The molecule has 126 valence electrons. The van der Waals surface area contributed by atoms with Crippen molar-refractivity contribution in [1.29, 1.82) is 0 Å². The number of ether oxygens (including phenoxy) is 1. The van der Waals surface area contributed by atoms with Gasteiger partial charge in [0.1, 0.15) is 5.56 Å². The van der Waals surface area contributed by atoms with Crippen molar-refractivity contribution in [2.24, 2.45) is 0 Å². The van der Waals surface area contributed by atoms with Crippen LogP contribution >= 0.6 is 23.1 Å². The molecule has 9 nitrogen and oxygen atoms in total. The molecule has 0 saturated carbocycles. The highest BCUT2D eigenvalue weighted by atomic mass is 32.2. The highest BCUT2D eigenvalue weighted by Gasteiger charge is 2.20. The molecule has 24 heavy (non-hydrogen) atoms. The molecule has 1 amide bonds. The van der Waals surface area contributed by atoms with Crippen LogP contribution in [0.25, 0.3) is 0 Å². The number of para-hydroxylation sites is 1.